The minimum atomic E-state index is -4.41. The molecule has 4 nitrogen and oxygen atoms in total. The standard InChI is InChI=1S/C18H21F3N2O2/c19-18(20,21)15-5-3-13(4-6-15)16(24)23-11-7-14(8-12-23)17(25)22-9-1-2-10-22/h3-6,14H,1-2,7-12H2. The molecule has 136 valence electrons. The lowest BCUT2D eigenvalue weighted by Crippen LogP contribution is -2.43. The molecule has 0 aromatic heterocycles. The van der Waals surface area contributed by atoms with Crippen molar-refractivity contribution in [3.63, 3.8) is 0 Å². The van der Waals surface area contributed by atoms with Gasteiger partial charge in [-0.15, -0.1) is 0 Å². The van der Waals surface area contributed by atoms with Gasteiger partial charge in [0.2, 0.25) is 5.91 Å². The van der Waals surface area contributed by atoms with Crippen LogP contribution in [0.2, 0.25) is 0 Å². The molecule has 2 amide bonds. The summed E-state index contributed by atoms with van der Waals surface area (Å²) in [7, 11) is 0. The van der Waals surface area contributed by atoms with E-state index in [1.807, 2.05) is 4.90 Å². The van der Waals surface area contributed by atoms with Crippen LogP contribution in [0.15, 0.2) is 24.3 Å². The third-order valence-electron chi connectivity index (χ3n) is 5.01. The van der Waals surface area contributed by atoms with Crippen LogP contribution in [-0.4, -0.2) is 47.8 Å². The molecule has 0 radical (unpaired) electrons. The second-order valence-electron chi connectivity index (χ2n) is 6.67. The molecule has 0 bridgehead atoms. The van der Waals surface area contributed by atoms with Crippen molar-refractivity contribution in [2.75, 3.05) is 26.2 Å². The fourth-order valence-electron chi connectivity index (χ4n) is 3.51. The Balaban J connectivity index is 1.57. The van der Waals surface area contributed by atoms with Gasteiger partial charge in [-0.05, 0) is 49.9 Å². The lowest BCUT2D eigenvalue weighted by Gasteiger charge is -2.33. The van der Waals surface area contributed by atoms with E-state index in [0.29, 0.717) is 25.9 Å². The number of halogens is 3. The van der Waals surface area contributed by atoms with Crippen LogP contribution in [0, 0.1) is 5.92 Å². The summed E-state index contributed by atoms with van der Waals surface area (Å²) >= 11 is 0. The number of benzene rings is 1. The summed E-state index contributed by atoms with van der Waals surface area (Å²) in [5.74, 6) is -0.144. The molecule has 1 aromatic carbocycles. The van der Waals surface area contributed by atoms with Crippen molar-refractivity contribution in [1.82, 2.24) is 9.80 Å². The lowest BCUT2D eigenvalue weighted by molar-refractivity contribution is -0.137. The van der Waals surface area contributed by atoms with Gasteiger partial charge in [0, 0.05) is 37.7 Å². The van der Waals surface area contributed by atoms with Gasteiger partial charge in [-0.2, -0.15) is 13.2 Å². The van der Waals surface area contributed by atoms with Crippen molar-refractivity contribution < 1.29 is 22.8 Å². The predicted molar refractivity (Wildman–Crippen MR) is 85.9 cm³/mol. The summed E-state index contributed by atoms with van der Waals surface area (Å²) in [5, 5.41) is 0. The number of rotatable bonds is 2. The quantitative estimate of drug-likeness (QED) is 0.818. The molecule has 2 saturated heterocycles. The largest absolute Gasteiger partial charge is 0.416 e. The van der Waals surface area contributed by atoms with E-state index in [9.17, 15) is 22.8 Å². The Labute approximate surface area is 144 Å². The Bertz CT molecular complexity index is 629. The Morgan fingerprint density at radius 1 is 0.880 bits per heavy atom. The number of nitrogens with zero attached hydrogens (tertiary/aromatic N) is 2. The van der Waals surface area contributed by atoms with E-state index in [4.69, 9.17) is 0 Å². The highest BCUT2D eigenvalue weighted by Gasteiger charge is 2.33. The predicted octanol–water partition coefficient (Wildman–Crippen LogP) is 3.18. The second-order valence-corrected chi connectivity index (χ2v) is 6.67. The molecule has 0 aliphatic carbocycles. The molecule has 25 heavy (non-hydrogen) atoms. The minimum absolute atomic E-state index is 0.0465. The van der Waals surface area contributed by atoms with E-state index in [1.54, 1.807) is 4.90 Å². The summed E-state index contributed by atoms with van der Waals surface area (Å²) < 4.78 is 37.8. The van der Waals surface area contributed by atoms with Gasteiger partial charge in [0.05, 0.1) is 5.56 Å². The Hall–Kier alpha value is -2.05. The molecule has 0 saturated carbocycles. The second kappa shape index (κ2) is 7.06. The van der Waals surface area contributed by atoms with Crippen molar-refractivity contribution in [3.8, 4) is 0 Å². The van der Waals surface area contributed by atoms with E-state index in [-0.39, 0.29) is 23.3 Å². The maximum Gasteiger partial charge on any atom is 0.416 e. The van der Waals surface area contributed by atoms with E-state index < -0.39 is 11.7 Å². The third-order valence-corrected chi connectivity index (χ3v) is 5.01. The van der Waals surface area contributed by atoms with Crippen molar-refractivity contribution in [3.05, 3.63) is 35.4 Å². The Morgan fingerprint density at radius 3 is 1.96 bits per heavy atom. The average Bonchev–Trinajstić information content (AvgIpc) is 3.14. The molecule has 1 aromatic rings. The van der Waals surface area contributed by atoms with Gasteiger partial charge in [-0.1, -0.05) is 0 Å². The van der Waals surface area contributed by atoms with E-state index in [1.165, 1.54) is 12.1 Å². The van der Waals surface area contributed by atoms with Crippen molar-refractivity contribution in [2.24, 2.45) is 5.92 Å². The molecule has 0 N–H and O–H groups in total. The summed E-state index contributed by atoms with van der Waals surface area (Å²) in [6.07, 6.45) is -1.08. The Morgan fingerprint density at radius 2 is 1.44 bits per heavy atom. The molecule has 2 fully saturated rings. The first kappa shape index (κ1) is 17.8. The molecule has 2 aliphatic rings. The fourth-order valence-corrected chi connectivity index (χ4v) is 3.51. The number of likely N-dealkylation sites (tertiary alicyclic amines) is 2. The topological polar surface area (TPSA) is 40.6 Å². The molecular weight excluding hydrogens is 333 g/mol. The van der Waals surface area contributed by atoms with Gasteiger partial charge < -0.3 is 9.80 Å². The third kappa shape index (κ3) is 3.96. The molecule has 3 rings (SSSR count). The number of alkyl halides is 3. The molecule has 0 spiro atoms. The van der Waals surface area contributed by atoms with Crippen LogP contribution in [0.1, 0.15) is 41.6 Å². The molecule has 2 heterocycles. The first-order chi connectivity index (χ1) is 11.9. The van der Waals surface area contributed by atoms with Gasteiger partial charge in [-0.3, -0.25) is 9.59 Å². The van der Waals surface area contributed by atoms with E-state index in [2.05, 4.69) is 0 Å². The molecule has 0 atom stereocenters. The van der Waals surface area contributed by atoms with Gasteiger partial charge in [0.15, 0.2) is 0 Å². The van der Waals surface area contributed by atoms with Gasteiger partial charge in [0.1, 0.15) is 0 Å². The SMILES string of the molecule is O=C(c1ccc(C(F)(F)F)cc1)N1CCC(C(=O)N2CCCC2)CC1. The number of piperidine rings is 1. The average molecular weight is 354 g/mol. The maximum atomic E-state index is 12.6. The molecule has 2 aliphatic heterocycles. The number of hydrogen-bond acceptors (Lipinski definition) is 2. The summed E-state index contributed by atoms with van der Waals surface area (Å²) in [6, 6.07) is 4.28. The smallest absolute Gasteiger partial charge is 0.342 e. The number of amides is 2. The first-order valence-corrected chi connectivity index (χ1v) is 8.61. The van der Waals surface area contributed by atoms with Crippen molar-refractivity contribution >= 4 is 11.8 Å². The van der Waals surface area contributed by atoms with E-state index in [0.717, 1.165) is 38.1 Å². The molecule has 7 heteroatoms. The van der Waals surface area contributed by atoms with Gasteiger partial charge >= 0.3 is 6.18 Å². The highest BCUT2D eigenvalue weighted by atomic mass is 19.4. The number of carbonyl (C=O) groups excluding carboxylic acids is 2. The van der Waals surface area contributed by atoms with Crippen LogP contribution in [0.25, 0.3) is 0 Å². The normalized spacial score (nSPS) is 19.3. The van der Waals surface area contributed by atoms with Gasteiger partial charge in [0.25, 0.3) is 5.91 Å². The highest BCUT2D eigenvalue weighted by molar-refractivity contribution is 5.94. The van der Waals surface area contributed by atoms with Crippen molar-refractivity contribution in [1.29, 1.82) is 0 Å². The number of hydrogen-bond donors (Lipinski definition) is 0. The number of carbonyl (C=O) groups is 2. The van der Waals surface area contributed by atoms with Crippen LogP contribution < -0.4 is 0 Å². The fraction of sp³-hybridized carbons (Fsp3) is 0.556. The maximum absolute atomic E-state index is 12.6. The van der Waals surface area contributed by atoms with Crippen LogP contribution >= 0.6 is 0 Å². The van der Waals surface area contributed by atoms with Crippen LogP contribution in [0.3, 0.4) is 0 Å². The highest BCUT2D eigenvalue weighted by Crippen LogP contribution is 2.29. The zero-order chi connectivity index (χ0) is 18.0. The summed E-state index contributed by atoms with van der Waals surface area (Å²) in [5.41, 5.74) is -0.517. The zero-order valence-corrected chi connectivity index (χ0v) is 13.9. The Kier molecular flexibility index (Phi) is 5.01. The van der Waals surface area contributed by atoms with Gasteiger partial charge in [-0.25, -0.2) is 0 Å². The van der Waals surface area contributed by atoms with Crippen LogP contribution in [-0.2, 0) is 11.0 Å². The van der Waals surface area contributed by atoms with Crippen LogP contribution in [0.4, 0.5) is 13.2 Å². The summed E-state index contributed by atoms with van der Waals surface area (Å²) in [4.78, 5) is 28.4. The van der Waals surface area contributed by atoms with Crippen molar-refractivity contribution in [2.45, 2.75) is 31.9 Å². The first-order valence-electron chi connectivity index (χ1n) is 8.61. The lowest BCUT2D eigenvalue weighted by atomic mass is 9.95. The van der Waals surface area contributed by atoms with Crippen LogP contribution in [0.5, 0.6) is 0 Å². The summed E-state index contributed by atoms with van der Waals surface area (Å²) in [6.45, 7) is 2.57. The molecular formula is C18H21F3N2O2. The molecule has 0 unspecified atom stereocenters. The minimum Gasteiger partial charge on any atom is -0.342 e. The van der Waals surface area contributed by atoms with E-state index >= 15 is 0 Å². The zero-order valence-electron chi connectivity index (χ0n) is 13.9. The monoisotopic (exact) mass is 354 g/mol.